The van der Waals surface area contributed by atoms with Crippen LogP contribution in [0.4, 0.5) is 10.5 Å². The number of methoxy groups -OCH3 is 2. The summed E-state index contributed by atoms with van der Waals surface area (Å²) >= 11 is 0. The lowest BCUT2D eigenvalue weighted by Gasteiger charge is -2.30. The van der Waals surface area contributed by atoms with Gasteiger partial charge in [0, 0.05) is 11.8 Å². The Morgan fingerprint density at radius 1 is 0.927 bits per heavy atom. The van der Waals surface area contributed by atoms with Gasteiger partial charge in [0.05, 0.1) is 42.0 Å². The number of sulfonamides is 1. The molecule has 0 unspecified atom stereocenters. The highest BCUT2D eigenvalue weighted by Gasteiger charge is 2.59. The van der Waals surface area contributed by atoms with Gasteiger partial charge in [0.15, 0.2) is 5.54 Å². The van der Waals surface area contributed by atoms with Gasteiger partial charge in [0.25, 0.3) is 15.9 Å². The number of nitrogens with one attached hydrogen (secondary N) is 1. The predicted molar refractivity (Wildman–Crippen MR) is 146 cm³/mol. The molecule has 11 nitrogen and oxygen atoms in total. The van der Waals surface area contributed by atoms with Crippen molar-refractivity contribution in [3.05, 3.63) is 108 Å². The smallest absolute Gasteiger partial charge is 0.414 e. The highest BCUT2D eigenvalue weighted by molar-refractivity contribution is 7.93. The third-order valence-corrected chi connectivity index (χ3v) is 8.17. The van der Waals surface area contributed by atoms with Crippen LogP contribution in [0.1, 0.15) is 16.7 Å². The fourth-order valence-electron chi connectivity index (χ4n) is 4.61. The molecule has 0 spiro atoms. The molecule has 1 aliphatic rings. The molecule has 1 atom stereocenters. The SMILES string of the molecule is COc1ccc(S(=O)(=O)N2C(=O)[C@@](NC(=O)Oc3ccccc3)(c3cccnc3OC)c3cc(C#N)ccc32)cc1. The molecule has 4 aromatic rings. The number of rotatable bonds is 7. The lowest BCUT2D eigenvalue weighted by Crippen LogP contribution is -2.55. The summed E-state index contributed by atoms with van der Waals surface area (Å²) in [6, 6.07) is 22.6. The Labute approximate surface area is 235 Å². The van der Waals surface area contributed by atoms with Crippen LogP contribution in [0.15, 0.2) is 96.0 Å². The van der Waals surface area contributed by atoms with E-state index < -0.39 is 27.6 Å². The first-order valence-electron chi connectivity index (χ1n) is 12.1. The van der Waals surface area contributed by atoms with Crippen LogP contribution >= 0.6 is 0 Å². The molecule has 0 saturated carbocycles. The van der Waals surface area contributed by atoms with Crippen molar-refractivity contribution in [2.45, 2.75) is 10.4 Å². The first kappa shape index (κ1) is 27.2. The molecular weight excluding hydrogens is 548 g/mol. The summed E-state index contributed by atoms with van der Waals surface area (Å²) in [6.45, 7) is 0. The number of hydrogen-bond acceptors (Lipinski definition) is 9. The van der Waals surface area contributed by atoms with E-state index in [-0.39, 0.29) is 38.9 Å². The van der Waals surface area contributed by atoms with Gasteiger partial charge in [-0.2, -0.15) is 9.57 Å². The molecule has 1 N–H and O–H groups in total. The second kappa shape index (κ2) is 10.6. The molecule has 0 bridgehead atoms. The van der Waals surface area contributed by atoms with Crippen LogP contribution in [0.2, 0.25) is 0 Å². The molecule has 0 radical (unpaired) electrons. The number of aromatic nitrogens is 1. The summed E-state index contributed by atoms with van der Waals surface area (Å²) in [6.07, 6.45) is 0.350. The molecule has 3 aromatic carbocycles. The fraction of sp³-hybridized carbons (Fsp3) is 0.103. The first-order chi connectivity index (χ1) is 19.8. The number of amides is 2. The molecule has 12 heteroatoms. The van der Waals surface area contributed by atoms with Crippen LogP contribution < -0.4 is 23.8 Å². The maximum atomic E-state index is 14.6. The Morgan fingerprint density at radius 2 is 1.66 bits per heavy atom. The highest BCUT2D eigenvalue weighted by Crippen LogP contribution is 2.49. The third-order valence-electron chi connectivity index (χ3n) is 6.46. The van der Waals surface area contributed by atoms with Crippen LogP contribution in [0.5, 0.6) is 17.4 Å². The molecule has 2 amide bonds. The van der Waals surface area contributed by atoms with Crippen molar-refractivity contribution in [1.82, 2.24) is 10.3 Å². The zero-order valence-electron chi connectivity index (χ0n) is 21.8. The van der Waals surface area contributed by atoms with Gasteiger partial charge in [-0.05, 0) is 66.7 Å². The summed E-state index contributed by atoms with van der Waals surface area (Å²) in [5.74, 6) is -0.527. The van der Waals surface area contributed by atoms with Gasteiger partial charge < -0.3 is 14.2 Å². The van der Waals surface area contributed by atoms with Crippen molar-refractivity contribution < 1.29 is 32.2 Å². The average Bonchev–Trinajstić information content (AvgIpc) is 3.25. The monoisotopic (exact) mass is 570 g/mol. The van der Waals surface area contributed by atoms with E-state index in [9.17, 15) is 23.3 Å². The van der Waals surface area contributed by atoms with Crippen molar-refractivity contribution in [3.63, 3.8) is 0 Å². The number of anilines is 1. The van der Waals surface area contributed by atoms with Gasteiger partial charge in [-0.25, -0.2) is 18.2 Å². The van der Waals surface area contributed by atoms with Crippen LogP contribution in [0.25, 0.3) is 0 Å². The average molecular weight is 571 g/mol. The van der Waals surface area contributed by atoms with E-state index >= 15 is 0 Å². The van der Waals surface area contributed by atoms with E-state index in [1.807, 2.05) is 6.07 Å². The number of ether oxygens (including phenoxy) is 3. The lowest BCUT2D eigenvalue weighted by molar-refractivity contribution is -0.121. The van der Waals surface area contributed by atoms with Gasteiger partial charge in [0.2, 0.25) is 5.88 Å². The highest BCUT2D eigenvalue weighted by atomic mass is 32.2. The molecule has 0 saturated heterocycles. The van der Waals surface area contributed by atoms with Crippen LogP contribution in [0, 0.1) is 11.3 Å². The minimum Gasteiger partial charge on any atom is -0.497 e. The Balaban J connectivity index is 1.75. The number of carbonyl (C=O) groups is 2. The number of fused-ring (bicyclic) bond motifs is 1. The Bertz CT molecular complexity index is 1790. The second-order valence-corrected chi connectivity index (χ2v) is 10.5. The van der Waals surface area contributed by atoms with Gasteiger partial charge in [0.1, 0.15) is 11.5 Å². The fourth-order valence-corrected chi connectivity index (χ4v) is 6.08. The Morgan fingerprint density at radius 3 is 2.32 bits per heavy atom. The topological polar surface area (TPSA) is 148 Å². The number of carbonyl (C=O) groups excluding carboxylic acids is 2. The third kappa shape index (κ3) is 4.58. The summed E-state index contributed by atoms with van der Waals surface area (Å²) < 4.78 is 44.6. The van der Waals surface area contributed by atoms with Gasteiger partial charge in [-0.15, -0.1) is 0 Å². The van der Waals surface area contributed by atoms with Crippen molar-refractivity contribution in [2.75, 3.05) is 18.5 Å². The normalized spacial score (nSPS) is 15.9. The van der Waals surface area contributed by atoms with E-state index in [2.05, 4.69) is 10.3 Å². The molecule has 1 aliphatic heterocycles. The molecular formula is C29H22N4O7S. The molecule has 206 valence electrons. The predicted octanol–water partition coefficient (Wildman–Crippen LogP) is 3.74. The minimum absolute atomic E-state index is 0.00921. The number of nitrogens with zero attached hydrogens (tertiary/aromatic N) is 3. The molecule has 5 rings (SSSR count). The zero-order valence-corrected chi connectivity index (χ0v) is 22.6. The number of para-hydroxylation sites is 1. The van der Waals surface area contributed by atoms with E-state index in [0.717, 1.165) is 0 Å². The number of benzene rings is 3. The first-order valence-corrected chi connectivity index (χ1v) is 13.5. The zero-order chi connectivity index (χ0) is 29.2. The van der Waals surface area contributed by atoms with Gasteiger partial charge >= 0.3 is 6.09 Å². The van der Waals surface area contributed by atoms with Crippen LogP contribution in [-0.2, 0) is 20.4 Å². The molecule has 0 aliphatic carbocycles. The summed E-state index contributed by atoms with van der Waals surface area (Å²) in [7, 11) is -1.79. The van der Waals surface area contributed by atoms with E-state index in [1.165, 1.54) is 87.1 Å². The molecule has 2 heterocycles. The quantitative estimate of drug-likeness (QED) is 0.351. The van der Waals surface area contributed by atoms with Gasteiger partial charge in [-0.1, -0.05) is 18.2 Å². The van der Waals surface area contributed by atoms with Crippen molar-refractivity contribution in [3.8, 4) is 23.4 Å². The van der Waals surface area contributed by atoms with Gasteiger partial charge in [-0.3, -0.25) is 10.1 Å². The van der Waals surface area contributed by atoms with Crippen molar-refractivity contribution >= 4 is 27.7 Å². The molecule has 0 fully saturated rings. The van der Waals surface area contributed by atoms with Crippen LogP contribution in [0.3, 0.4) is 0 Å². The second-order valence-electron chi connectivity index (χ2n) is 8.73. The summed E-state index contributed by atoms with van der Waals surface area (Å²) in [4.78, 5) is 31.9. The minimum atomic E-state index is -4.55. The van der Waals surface area contributed by atoms with E-state index in [4.69, 9.17) is 14.2 Å². The Hall–Kier alpha value is -5.41. The molecule has 41 heavy (non-hydrogen) atoms. The van der Waals surface area contributed by atoms with Crippen molar-refractivity contribution in [2.24, 2.45) is 0 Å². The largest absolute Gasteiger partial charge is 0.497 e. The number of hydrogen-bond donors (Lipinski definition) is 1. The lowest BCUT2D eigenvalue weighted by atomic mass is 9.83. The van der Waals surface area contributed by atoms with E-state index in [1.54, 1.807) is 18.2 Å². The van der Waals surface area contributed by atoms with Crippen LogP contribution in [-0.4, -0.2) is 39.6 Å². The maximum Gasteiger partial charge on any atom is 0.414 e. The van der Waals surface area contributed by atoms with E-state index in [0.29, 0.717) is 10.1 Å². The summed E-state index contributed by atoms with van der Waals surface area (Å²) in [5, 5.41) is 12.3. The summed E-state index contributed by atoms with van der Waals surface area (Å²) in [5.41, 5.74) is -2.13. The standard InChI is InChI=1S/C29H22N4O7S/c1-38-20-11-13-22(14-12-20)41(36,37)33-25-15-10-19(18-30)17-24(25)29(27(33)34,23-9-6-16-31-26(23)39-2)32-28(35)40-21-7-4-3-5-8-21/h3-17H,1-2H3,(H,32,35)/t29-/m1/s1. The van der Waals surface area contributed by atoms with Crippen molar-refractivity contribution in [1.29, 1.82) is 5.26 Å². The Kier molecular flexibility index (Phi) is 7.04. The number of nitriles is 1. The maximum absolute atomic E-state index is 14.6. The molecule has 1 aromatic heterocycles. The number of pyridine rings is 1.